The molecule has 0 bridgehead atoms. The van der Waals surface area contributed by atoms with E-state index in [9.17, 15) is 9.59 Å². The van der Waals surface area contributed by atoms with E-state index in [0.29, 0.717) is 28.0 Å². The Morgan fingerprint density at radius 3 is 2.32 bits per heavy atom. The highest BCUT2D eigenvalue weighted by Crippen LogP contribution is 2.62. The van der Waals surface area contributed by atoms with Crippen molar-refractivity contribution in [3.05, 3.63) is 118 Å². The smallest absolute Gasteiger partial charge is 0.344 e. The molecule has 2 aliphatic rings. The standard InChI is InChI=1S/C31H22O6/c1-34-30(33)31-17-35-25-20-12-6-5-9-18(20)15-16-23(25)24(31)27-26(36-28(31)19-10-3-2-4-11-19)21-13-7-8-14-22(21)29(32)37-27/h2-16,24,28H,17H2,1H3/t24-,28-,31+/m1/s1. The van der Waals surface area contributed by atoms with Crippen LogP contribution in [0.2, 0.25) is 0 Å². The lowest BCUT2D eigenvalue weighted by atomic mass is 9.62. The molecule has 0 N–H and O–H groups in total. The van der Waals surface area contributed by atoms with Crippen molar-refractivity contribution in [2.45, 2.75) is 12.0 Å². The van der Waals surface area contributed by atoms with Crippen molar-refractivity contribution in [2.24, 2.45) is 5.41 Å². The second-order valence-electron chi connectivity index (χ2n) is 9.50. The van der Waals surface area contributed by atoms with Crippen molar-refractivity contribution in [1.29, 1.82) is 0 Å². The quantitative estimate of drug-likeness (QED) is 0.293. The van der Waals surface area contributed by atoms with Crippen LogP contribution in [0.3, 0.4) is 0 Å². The second-order valence-corrected chi connectivity index (χ2v) is 9.50. The van der Waals surface area contributed by atoms with Crippen LogP contribution in [0.5, 0.6) is 11.5 Å². The summed E-state index contributed by atoms with van der Waals surface area (Å²) in [5.74, 6) is 0.250. The summed E-state index contributed by atoms with van der Waals surface area (Å²) in [6, 6.07) is 28.7. The topological polar surface area (TPSA) is 75.0 Å². The van der Waals surface area contributed by atoms with Crippen LogP contribution in [-0.2, 0) is 9.53 Å². The fourth-order valence-electron chi connectivity index (χ4n) is 6.00. The molecule has 0 aliphatic carbocycles. The summed E-state index contributed by atoms with van der Waals surface area (Å²) in [5.41, 5.74) is -0.272. The van der Waals surface area contributed by atoms with Crippen LogP contribution >= 0.6 is 0 Å². The molecule has 0 saturated heterocycles. The molecule has 6 heteroatoms. The number of benzene rings is 4. The molecule has 5 aromatic rings. The van der Waals surface area contributed by atoms with Gasteiger partial charge in [-0.25, -0.2) is 4.79 Å². The van der Waals surface area contributed by atoms with Crippen LogP contribution < -0.4 is 15.1 Å². The molecule has 3 atom stereocenters. The molecule has 4 aromatic carbocycles. The first-order chi connectivity index (χ1) is 18.1. The minimum Gasteiger partial charge on any atom is -0.491 e. The van der Waals surface area contributed by atoms with E-state index in [-0.39, 0.29) is 6.61 Å². The highest BCUT2D eigenvalue weighted by atomic mass is 16.5. The zero-order valence-electron chi connectivity index (χ0n) is 20.0. The Labute approximate surface area is 212 Å². The van der Waals surface area contributed by atoms with Gasteiger partial charge in [0.1, 0.15) is 18.5 Å². The molecule has 0 amide bonds. The minimum absolute atomic E-state index is 0.0130. The Hall–Kier alpha value is -4.58. The number of hydrogen-bond acceptors (Lipinski definition) is 6. The Bertz CT molecular complexity index is 1760. The number of carbonyl (C=O) groups is 1. The van der Waals surface area contributed by atoms with Gasteiger partial charge in [-0.15, -0.1) is 0 Å². The zero-order valence-corrected chi connectivity index (χ0v) is 20.0. The summed E-state index contributed by atoms with van der Waals surface area (Å²) in [5, 5.41) is 3.00. The van der Waals surface area contributed by atoms with Gasteiger partial charge in [0, 0.05) is 16.3 Å². The van der Waals surface area contributed by atoms with Gasteiger partial charge in [-0.2, -0.15) is 0 Å². The predicted octanol–water partition coefficient (Wildman–Crippen LogP) is 5.76. The maximum atomic E-state index is 13.8. The molecule has 1 aromatic heterocycles. The number of carbonyl (C=O) groups excluding carboxylic acids is 1. The monoisotopic (exact) mass is 490 g/mol. The molecular weight excluding hydrogens is 468 g/mol. The van der Waals surface area contributed by atoms with Gasteiger partial charge in [-0.05, 0) is 17.0 Å². The minimum atomic E-state index is -1.34. The molecule has 3 heterocycles. The third kappa shape index (κ3) is 2.93. The SMILES string of the molecule is COC(=O)[C@@]12COc3c(ccc4ccccc34)[C@@H]1c1oc(=O)c3ccccc3c1O[C@@H]2c1ccccc1. The van der Waals surface area contributed by atoms with Gasteiger partial charge >= 0.3 is 11.6 Å². The Balaban J connectivity index is 1.62. The first-order valence-electron chi connectivity index (χ1n) is 12.1. The van der Waals surface area contributed by atoms with Gasteiger partial charge < -0.3 is 18.6 Å². The second kappa shape index (κ2) is 7.96. The molecule has 0 saturated carbocycles. The van der Waals surface area contributed by atoms with Crippen LogP contribution in [0.4, 0.5) is 0 Å². The molecule has 37 heavy (non-hydrogen) atoms. The number of rotatable bonds is 2. The number of esters is 1. The van der Waals surface area contributed by atoms with Crippen molar-refractivity contribution < 1.29 is 23.4 Å². The molecule has 0 fully saturated rings. The van der Waals surface area contributed by atoms with Crippen LogP contribution in [0.25, 0.3) is 21.5 Å². The van der Waals surface area contributed by atoms with Gasteiger partial charge in [-0.1, -0.05) is 84.9 Å². The summed E-state index contributed by atoms with van der Waals surface area (Å²) >= 11 is 0. The van der Waals surface area contributed by atoms with Crippen LogP contribution in [-0.4, -0.2) is 19.7 Å². The lowest BCUT2D eigenvalue weighted by Crippen LogP contribution is -2.54. The van der Waals surface area contributed by atoms with Gasteiger partial charge in [0.25, 0.3) is 0 Å². The predicted molar refractivity (Wildman–Crippen MR) is 138 cm³/mol. The normalized spacial score (nSPS) is 21.8. The molecular formula is C31H22O6. The van der Waals surface area contributed by atoms with E-state index in [2.05, 4.69) is 0 Å². The van der Waals surface area contributed by atoms with E-state index < -0.39 is 29.0 Å². The number of ether oxygens (including phenoxy) is 3. The van der Waals surface area contributed by atoms with E-state index in [4.69, 9.17) is 18.6 Å². The largest absolute Gasteiger partial charge is 0.491 e. The summed E-state index contributed by atoms with van der Waals surface area (Å²) in [7, 11) is 1.36. The van der Waals surface area contributed by atoms with Crippen molar-refractivity contribution in [1.82, 2.24) is 0 Å². The van der Waals surface area contributed by atoms with E-state index in [1.165, 1.54) is 7.11 Å². The highest BCUT2D eigenvalue weighted by Gasteiger charge is 2.63. The number of fused-ring (bicyclic) bond motifs is 9. The van der Waals surface area contributed by atoms with E-state index in [0.717, 1.165) is 21.9 Å². The highest BCUT2D eigenvalue weighted by molar-refractivity contribution is 5.93. The Kier molecular flexibility index (Phi) is 4.67. The summed E-state index contributed by atoms with van der Waals surface area (Å²) in [6.07, 6.45) is -0.755. The third-order valence-electron chi connectivity index (χ3n) is 7.64. The third-order valence-corrected chi connectivity index (χ3v) is 7.64. The molecule has 182 valence electrons. The summed E-state index contributed by atoms with van der Waals surface area (Å²) in [4.78, 5) is 27.0. The van der Waals surface area contributed by atoms with Crippen molar-refractivity contribution >= 4 is 27.5 Å². The molecule has 0 unspecified atom stereocenters. The van der Waals surface area contributed by atoms with Crippen LogP contribution in [0, 0.1) is 5.41 Å². The molecule has 0 radical (unpaired) electrons. The maximum absolute atomic E-state index is 13.8. The van der Waals surface area contributed by atoms with Crippen molar-refractivity contribution in [2.75, 3.05) is 13.7 Å². The number of methoxy groups -OCH3 is 1. The average Bonchev–Trinajstić information content (AvgIpc) is 2.96. The van der Waals surface area contributed by atoms with E-state index in [1.54, 1.807) is 12.1 Å². The maximum Gasteiger partial charge on any atom is 0.344 e. The number of hydrogen-bond donors (Lipinski definition) is 0. The Morgan fingerprint density at radius 2 is 1.54 bits per heavy atom. The molecule has 0 spiro atoms. The van der Waals surface area contributed by atoms with E-state index >= 15 is 0 Å². The zero-order chi connectivity index (χ0) is 25.1. The summed E-state index contributed by atoms with van der Waals surface area (Å²) < 4.78 is 24.5. The fraction of sp³-hybridized carbons (Fsp3) is 0.161. The van der Waals surface area contributed by atoms with Crippen LogP contribution in [0.15, 0.2) is 100 Å². The molecule has 6 nitrogen and oxygen atoms in total. The average molecular weight is 491 g/mol. The molecule has 2 aliphatic heterocycles. The van der Waals surface area contributed by atoms with Gasteiger partial charge in [0.05, 0.1) is 18.4 Å². The molecule has 7 rings (SSSR count). The first kappa shape index (κ1) is 21.7. The van der Waals surface area contributed by atoms with Gasteiger partial charge in [-0.3, -0.25) is 4.79 Å². The lowest BCUT2D eigenvalue weighted by Gasteiger charge is -2.49. The first-order valence-corrected chi connectivity index (χ1v) is 12.1. The lowest BCUT2D eigenvalue weighted by molar-refractivity contribution is -0.169. The fourth-order valence-corrected chi connectivity index (χ4v) is 6.00. The van der Waals surface area contributed by atoms with Crippen molar-refractivity contribution in [3.8, 4) is 11.5 Å². The van der Waals surface area contributed by atoms with Gasteiger partial charge in [0.15, 0.2) is 16.9 Å². The van der Waals surface area contributed by atoms with Crippen molar-refractivity contribution in [3.63, 3.8) is 0 Å². The Morgan fingerprint density at radius 1 is 0.838 bits per heavy atom. The van der Waals surface area contributed by atoms with E-state index in [1.807, 2.05) is 78.9 Å². The van der Waals surface area contributed by atoms with Gasteiger partial charge in [0.2, 0.25) is 0 Å². The van der Waals surface area contributed by atoms with Crippen LogP contribution in [0.1, 0.15) is 28.9 Å². The summed E-state index contributed by atoms with van der Waals surface area (Å²) in [6.45, 7) is -0.0130.